The molecule has 0 aromatic heterocycles. The van der Waals surface area contributed by atoms with Crippen molar-refractivity contribution in [2.45, 2.75) is 40.5 Å². The van der Waals surface area contributed by atoms with Gasteiger partial charge in [0.2, 0.25) is 5.91 Å². The fourth-order valence-corrected chi connectivity index (χ4v) is 2.19. The summed E-state index contributed by atoms with van der Waals surface area (Å²) < 4.78 is 5.06. The van der Waals surface area contributed by atoms with Crippen LogP contribution >= 0.6 is 0 Å². The first-order chi connectivity index (χ1) is 9.31. The molecule has 0 aliphatic heterocycles. The van der Waals surface area contributed by atoms with Crippen LogP contribution in [0.1, 0.15) is 40.5 Å². The maximum absolute atomic E-state index is 12.7. The van der Waals surface area contributed by atoms with E-state index in [-0.39, 0.29) is 19.1 Å². The van der Waals surface area contributed by atoms with E-state index in [4.69, 9.17) is 11.2 Å². The topological polar surface area (TPSA) is 46.6 Å². The molecule has 0 aromatic rings. The van der Waals surface area contributed by atoms with Gasteiger partial charge in [0.25, 0.3) is 0 Å². The molecule has 20 heavy (non-hydrogen) atoms. The molecule has 112 valence electrons. The molecular formula is C16H25NO3. The summed E-state index contributed by atoms with van der Waals surface area (Å²) in [5, 5.41) is 0. The Hall–Kier alpha value is -1.50. The van der Waals surface area contributed by atoms with Crippen LogP contribution in [0.15, 0.2) is 0 Å². The molecule has 1 unspecified atom stereocenters. The van der Waals surface area contributed by atoms with Crippen molar-refractivity contribution in [1.82, 2.24) is 4.90 Å². The Balaban J connectivity index is 2.88. The van der Waals surface area contributed by atoms with Gasteiger partial charge in [0.1, 0.15) is 5.92 Å². The van der Waals surface area contributed by atoms with Crippen LogP contribution in [0, 0.1) is 29.6 Å². The van der Waals surface area contributed by atoms with Gasteiger partial charge in [0.15, 0.2) is 0 Å². The van der Waals surface area contributed by atoms with E-state index in [9.17, 15) is 9.59 Å². The first kappa shape index (κ1) is 16.6. The third kappa shape index (κ3) is 4.56. The zero-order valence-corrected chi connectivity index (χ0v) is 12.9. The van der Waals surface area contributed by atoms with Crippen LogP contribution in [0.25, 0.3) is 0 Å². The van der Waals surface area contributed by atoms with E-state index < -0.39 is 17.3 Å². The summed E-state index contributed by atoms with van der Waals surface area (Å²) in [6, 6.07) is 0. The molecule has 1 saturated carbocycles. The number of hydrogen-bond donors (Lipinski definition) is 0. The van der Waals surface area contributed by atoms with Crippen LogP contribution in [0.4, 0.5) is 0 Å². The molecule has 1 amide bonds. The molecule has 0 heterocycles. The SMILES string of the molecule is C#CCN(CC1CC1)C(=O)C(C(=O)OCC)C(C)(C)C. The highest BCUT2D eigenvalue weighted by molar-refractivity contribution is 5.98. The zero-order valence-electron chi connectivity index (χ0n) is 12.9. The Labute approximate surface area is 121 Å². The fraction of sp³-hybridized carbons (Fsp3) is 0.750. The van der Waals surface area contributed by atoms with Crippen molar-refractivity contribution in [3.63, 3.8) is 0 Å². The van der Waals surface area contributed by atoms with Gasteiger partial charge < -0.3 is 9.64 Å². The van der Waals surface area contributed by atoms with E-state index in [2.05, 4.69) is 5.92 Å². The van der Waals surface area contributed by atoms with Gasteiger partial charge in [0, 0.05) is 6.54 Å². The van der Waals surface area contributed by atoms with Gasteiger partial charge in [-0.05, 0) is 31.1 Å². The minimum atomic E-state index is -0.797. The molecule has 1 fully saturated rings. The van der Waals surface area contributed by atoms with Crippen LogP contribution < -0.4 is 0 Å². The first-order valence-corrected chi connectivity index (χ1v) is 7.20. The Kier molecular flexibility index (Phi) is 5.62. The summed E-state index contributed by atoms with van der Waals surface area (Å²) in [5.41, 5.74) is -0.486. The largest absolute Gasteiger partial charge is 0.465 e. The van der Waals surface area contributed by atoms with Crippen molar-refractivity contribution in [3.8, 4) is 12.3 Å². The second kappa shape index (κ2) is 6.78. The van der Waals surface area contributed by atoms with Gasteiger partial charge in [-0.25, -0.2) is 0 Å². The van der Waals surface area contributed by atoms with Crippen molar-refractivity contribution in [1.29, 1.82) is 0 Å². The number of hydrogen-bond acceptors (Lipinski definition) is 3. The monoisotopic (exact) mass is 279 g/mol. The highest BCUT2D eigenvalue weighted by Crippen LogP contribution is 2.33. The van der Waals surface area contributed by atoms with E-state index in [1.807, 2.05) is 20.8 Å². The van der Waals surface area contributed by atoms with Gasteiger partial charge in [0.05, 0.1) is 13.2 Å². The van der Waals surface area contributed by atoms with Crippen molar-refractivity contribution >= 4 is 11.9 Å². The lowest BCUT2D eigenvalue weighted by molar-refractivity contribution is -0.160. The second-order valence-electron chi connectivity index (χ2n) is 6.42. The predicted molar refractivity (Wildman–Crippen MR) is 77.7 cm³/mol. The quantitative estimate of drug-likeness (QED) is 0.425. The molecule has 1 aliphatic carbocycles. The molecular weight excluding hydrogens is 254 g/mol. The van der Waals surface area contributed by atoms with Gasteiger partial charge in [-0.1, -0.05) is 26.7 Å². The molecule has 1 rings (SSSR count). The summed E-state index contributed by atoms with van der Waals surface area (Å²) in [7, 11) is 0. The van der Waals surface area contributed by atoms with Crippen LogP contribution in [-0.2, 0) is 14.3 Å². The molecule has 0 saturated heterocycles. The molecule has 0 N–H and O–H groups in total. The summed E-state index contributed by atoms with van der Waals surface area (Å²) in [4.78, 5) is 26.4. The highest BCUT2D eigenvalue weighted by atomic mass is 16.5. The summed E-state index contributed by atoms with van der Waals surface area (Å²) >= 11 is 0. The number of amides is 1. The maximum Gasteiger partial charge on any atom is 0.319 e. The summed E-state index contributed by atoms with van der Waals surface area (Å²) in [5.74, 6) is 1.59. The normalized spacial score (nSPS) is 16.1. The van der Waals surface area contributed by atoms with Gasteiger partial charge in [-0.3, -0.25) is 9.59 Å². The van der Waals surface area contributed by atoms with Crippen LogP contribution in [0.2, 0.25) is 0 Å². The number of carbonyl (C=O) groups is 2. The lowest BCUT2D eigenvalue weighted by Crippen LogP contribution is -2.46. The predicted octanol–water partition coefficient (Wildman–Crippen LogP) is 2.08. The average Bonchev–Trinajstić information content (AvgIpc) is 3.10. The minimum Gasteiger partial charge on any atom is -0.465 e. The van der Waals surface area contributed by atoms with Crippen LogP contribution in [0.5, 0.6) is 0 Å². The lowest BCUT2D eigenvalue weighted by Gasteiger charge is -2.32. The lowest BCUT2D eigenvalue weighted by atomic mass is 9.79. The van der Waals surface area contributed by atoms with Crippen molar-refractivity contribution in [2.24, 2.45) is 17.3 Å². The van der Waals surface area contributed by atoms with E-state index in [0.29, 0.717) is 12.5 Å². The van der Waals surface area contributed by atoms with Gasteiger partial charge in [-0.15, -0.1) is 6.42 Å². The molecule has 1 atom stereocenters. The second-order valence-corrected chi connectivity index (χ2v) is 6.42. The third-order valence-corrected chi connectivity index (χ3v) is 3.40. The fourth-order valence-electron chi connectivity index (χ4n) is 2.19. The molecule has 4 heteroatoms. The van der Waals surface area contributed by atoms with Crippen molar-refractivity contribution in [3.05, 3.63) is 0 Å². The minimum absolute atomic E-state index is 0.208. The molecule has 1 aliphatic rings. The Morgan fingerprint density at radius 3 is 2.40 bits per heavy atom. The third-order valence-electron chi connectivity index (χ3n) is 3.40. The maximum atomic E-state index is 12.7. The standard InChI is InChI=1S/C16H25NO3/c1-6-10-17(11-12-8-9-12)14(18)13(16(3,4)5)15(19)20-7-2/h1,12-13H,7-11H2,2-5H3. The number of terminal acetylenes is 1. The number of rotatable bonds is 6. The number of ether oxygens (including phenoxy) is 1. The summed E-state index contributed by atoms with van der Waals surface area (Å²) in [6.07, 6.45) is 7.61. The average molecular weight is 279 g/mol. The Bertz CT molecular complexity index is 399. The van der Waals surface area contributed by atoms with Crippen molar-refractivity contribution in [2.75, 3.05) is 19.7 Å². The molecule has 0 radical (unpaired) electrons. The van der Waals surface area contributed by atoms with E-state index >= 15 is 0 Å². The van der Waals surface area contributed by atoms with Crippen LogP contribution in [-0.4, -0.2) is 36.5 Å². The molecule has 0 bridgehead atoms. The number of nitrogens with zero attached hydrogens (tertiary/aromatic N) is 1. The number of esters is 1. The zero-order chi connectivity index (χ0) is 15.3. The Morgan fingerprint density at radius 2 is 2.00 bits per heavy atom. The van der Waals surface area contributed by atoms with Crippen LogP contribution in [0.3, 0.4) is 0 Å². The van der Waals surface area contributed by atoms with E-state index in [0.717, 1.165) is 12.8 Å². The molecule has 0 aromatic carbocycles. The molecule has 0 spiro atoms. The summed E-state index contributed by atoms with van der Waals surface area (Å²) in [6.45, 7) is 8.53. The van der Waals surface area contributed by atoms with Gasteiger partial charge in [-0.2, -0.15) is 0 Å². The van der Waals surface area contributed by atoms with E-state index in [1.54, 1.807) is 11.8 Å². The first-order valence-electron chi connectivity index (χ1n) is 7.20. The number of carbonyl (C=O) groups excluding carboxylic acids is 2. The smallest absolute Gasteiger partial charge is 0.319 e. The van der Waals surface area contributed by atoms with Gasteiger partial charge >= 0.3 is 5.97 Å². The highest BCUT2D eigenvalue weighted by Gasteiger charge is 2.42. The van der Waals surface area contributed by atoms with E-state index in [1.165, 1.54) is 0 Å². The molecule has 4 nitrogen and oxygen atoms in total. The van der Waals surface area contributed by atoms with Crippen molar-refractivity contribution < 1.29 is 14.3 Å². The Morgan fingerprint density at radius 1 is 1.40 bits per heavy atom.